The molecule has 112 valence electrons. The molecule has 0 aliphatic rings. The van der Waals surface area contributed by atoms with Gasteiger partial charge in [0.05, 0.1) is 13.3 Å². The largest absolute Gasteiger partial charge is 0.481 e. The van der Waals surface area contributed by atoms with Crippen molar-refractivity contribution in [3.63, 3.8) is 0 Å². The van der Waals surface area contributed by atoms with Gasteiger partial charge >= 0.3 is 0 Å². The zero-order valence-electron chi connectivity index (χ0n) is 12.3. The standard InChI is InChI=1S/C13H13N7OS/c1-8-6-10(21-3)17-12(16-8)22-13-19-18-11(20(13)2)9-7-14-4-5-15-9/h4-7H,1-3H3. The van der Waals surface area contributed by atoms with Gasteiger partial charge < -0.3 is 9.30 Å². The van der Waals surface area contributed by atoms with Crippen molar-refractivity contribution in [2.24, 2.45) is 7.05 Å². The van der Waals surface area contributed by atoms with Crippen LogP contribution in [0, 0.1) is 6.92 Å². The first kappa shape index (κ1) is 14.4. The lowest BCUT2D eigenvalue weighted by molar-refractivity contribution is 0.391. The van der Waals surface area contributed by atoms with Crippen LogP contribution in [-0.4, -0.2) is 41.8 Å². The summed E-state index contributed by atoms with van der Waals surface area (Å²) in [5.41, 5.74) is 1.48. The SMILES string of the molecule is COc1cc(C)nc(Sc2nnc(-c3cnccn3)n2C)n1. The van der Waals surface area contributed by atoms with E-state index >= 15 is 0 Å². The minimum absolute atomic E-state index is 0.520. The first-order valence-corrected chi connectivity index (χ1v) is 7.22. The normalized spacial score (nSPS) is 10.7. The second-order valence-electron chi connectivity index (χ2n) is 4.39. The van der Waals surface area contributed by atoms with Crippen LogP contribution in [0.5, 0.6) is 5.88 Å². The first-order valence-electron chi connectivity index (χ1n) is 6.40. The van der Waals surface area contributed by atoms with Crippen molar-refractivity contribution in [1.29, 1.82) is 0 Å². The predicted molar refractivity (Wildman–Crippen MR) is 79.5 cm³/mol. The number of nitrogens with zero attached hydrogens (tertiary/aromatic N) is 7. The van der Waals surface area contributed by atoms with Crippen molar-refractivity contribution in [3.8, 4) is 17.4 Å². The van der Waals surface area contributed by atoms with Crippen molar-refractivity contribution >= 4 is 11.8 Å². The first-order chi connectivity index (χ1) is 10.7. The van der Waals surface area contributed by atoms with E-state index in [1.807, 2.05) is 18.5 Å². The highest BCUT2D eigenvalue weighted by Gasteiger charge is 2.15. The Bertz CT molecular complexity index is 790. The Labute approximate surface area is 131 Å². The molecule has 22 heavy (non-hydrogen) atoms. The fourth-order valence-electron chi connectivity index (χ4n) is 1.79. The molecular formula is C13H13N7OS. The van der Waals surface area contributed by atoms with Crippen LogP contribution < -0.4 is 4.74 Å². The Morgan fingerprint density at radius 1 is 1.18 bits per heavy atom. The number of methoxy groups -OCH3 is 1. The zero-order chi connectivity index (χ0) is 15.5. The molecule has 0 saturated heterocycles. The van der Waals surface area contributed by atoms with Gasteiger partial charge in [0.15, 0.2) is 16.1 Å². The summed E-state index contributed by atoms with van der Waals surface area (Å²) < 4.78 is 6.98. The molecule has 3 aromatic rings. The fraction of sp³-hybridized carbons (Fsp3) is 0.231. The van der Waals surface area contributed by atoms with Crippen LogP contribution in [0.25, 0.3) is 11.5 Å². The number of rotatable bonds is 4. The predicted octanol–water partition coefficient (Wildman–Crippen LogP) is 1.53. The number of ether oxygens (including phenoxy) is 1. The second kappa shape index (κ2) is 6.06. The summed E-state index contributed by atoms with van der Waals surface area (Å²) >= 11 is 1.31. The van der Waals surface area contributed by atoms with E-state index in [2.05, 4.69) is 30.1 Å². The van der Waals surface area contributed by atoms with Crippen LogP contribution in [0.15, 0.2) is 35.0 Å². The summed E-state index contributed by atoms with van der Waals surface area (Å²) in [6.45, 7) is 1.88. The van der Waals surface area contributed by atoms with Crippen molar-refractivity contribution in [1.82, 2.24) is 34.7 Å². The van der Waals surface area contributed by atoms with E-state index in [1.165, 1.54) is 11.8 Å². The van der Waals surface area contributed by atoms with E-state index in [1.54, 1.807) is 31.8 Å². The topological polar surface area (TPSA) is 91.5 Å². The van der Waals surface area contributed by atoms with Gasteiger partial charge in [-0.05, 0) is 18.7 Å². The number of aromatic nitrogens is 7. The quantitative estimate of drug-likeness (QED) is 0.669. The van der Waals surface area contributed by atoms with Crippen molar-refractivity contribution in [3.05, 3.63) is 30.4 Å². The van der Waals surface area contributed by atoms with Crippen molar-refractivity contribution in [2.45, 2.75) is 17.2 Å². The van der Waals surface area contributed by atoms with Crippen molar-refractivity contribution in [2.75, 3.05) is 7.11 Å². The molecule has 9 heteroatoms. The minimum atomic E-state index is 0.520. The summed E-state index contributed by atoms with van der Waals surface area (Å²) in [6, 6.07) is 1.77. The Balaban J connectivity index is 1.91. The van der Waals surface area contributed by atoms with Gasteiger partial charge in [0.2, 0.25) is 5.88 Å². The van der Waals surface area contributed by atoms with Crippen LogP contribution in [0.3, 0.4) is 0 Å². The number of hydrogen-bond acceptors (Lipinski definition) is 8. The average Bonchev–Trinajstić information content (AvgIpc) is 2.88. The van der Waals surface area contributed by atoms with Crippen LogP contribution in [0.4, 0.5) is 0 Å². The van der Waals surface area contributed by atoms with E-state index in [0.717, 1.165) is 5.69 Å². The second-order valence-corrected chi connectivity index (χ2v) is 5.33. The van der Waals surface area contributed by atoms with Crippen LogP contribution in [0.1, 0.15) is 5.69 Å². The van der Waals surface area contributed by atoms with Crippen molar-refractivity contribution < 1.29 is 4.74 Å². The molecule has 0 saturated carbocycles. The summed E-state index contributed by atoms with van der Waals surface area (Å²) in [7, 11) is 3.43. The number of hydrogen-bond donors (Lipinski definition) is 0. The van der Waals surface area contributed by atoms with E-state index in [0.29, 0.717) is 27.7 Å². The van der Waals surface area contributed by atoms with Crippen LogP contribution in [0.2, 0.25) is 0 Å². The molecule has 0 N–H and O–H groups in total. The zero-order valence-corrected chi connectivity index (χ0v) is 13.1. The lowest BCUT2D eigenvalue weighted by atomic mass is 10.4. The molecule has 0 amide bonds. The molecule has 8 nitrogen and oxygen atoms in total. The van der Waals surface area contributed by atoms with Gasteiger partial charge in [-0.15, -0.1) is 10.2 Å². The smallest absolute Gasteiger partial charge is 0.217 e. The van der Waals surface area contributed by atoms with Gasteiger partial charge in [0.1, 0.15) is 5.69 Å². The fourth-order valence-corrected chi connectivity index (χ4v) is 2.58. The van der Waals surface area contributed by atoms with Gasteiger partial charge in [-0.2, -0.15) is 4.98 Å². The highest BCUT2D eigenvalue weighted by molar-refractivity contribution is 7.99. The monoisotopic (exact) mass is 315 g/mol. The minimum Gasteiger partial charge on any atom is -0.481 e. The van der Waals surface area contributed by atoms with Gasteiger partial charge in [-0.25, -0.2) is 9.97 Å². The Kier molecular flexibility index (Phi) is 3.96. The Morgan fingerprint density at radius 2 is 2.05 bits per heavy atom. The molecule has 0 bridgehead atoms. The molecule has 0 unspecified atom stereocenters. The maximum Gasteiger partial charge on any atom is 0.217 e. The summed E-state index contributed by atoms with van der Waals surface area (Å²) in [6.07, 6.45) is 4.87. The van der Waals surface area contributed by atoms with Crippen LogP contribution >= 0.6 is 11.8 Å². The molecule has 3 heterocycles. The van der Waals surface area contributed by atoms with E-state index in [-0.39, 0.29) is 0 Å². The Morgan fingerprint density at radius 3 is 2.77 bits per heavy atom. The summed E-state index contributed by atoms with van der Waals surface area (Å²) in [4.78, 5) is 16.9. The molecule has 0 radical (unpaired) electrons. The molecule has 0 aromatic carbocycles. The third-order valence-electron chi connectivity index (χ3n) is 2.83. The van der Waals surface area contributed by atoms with E-state index in [4.69, 9.17) is 4.74 Å². The summed E-state index contributed by atoms with van der Waals surface area (Å²) in [5, 5.41) is 9.52. The molecule has 0 aliphatic carbocycles. The highest BCUT2D eigenvalue weighted by Crippen LogP contribution is 2.26. The van der Waals surface area contributed by atoms with Crippen LogP contribution in [-0.2, 0) is 7.05 Å². The molecule has 0 aliphatic heterocycles. The van der Waals surface area contributed by atoms with E-state index in [9.17, 15) is 0 Å². The van der Waals surface area contributed by atoms with Gasteiger partial charge in [-0.3, -0.25) is 4.98 Å². The maximum absolute atomic E-state index is 5.15. The molecule has 0 atom stereocenters. The van der Waals surface area contributed by atoms with Gasteiger partial charge in [0.25, 0.3) is 0 Å². The third kappa shape index (κ3) is 2.89. The number of aryl methyl sites for hydroxylation is 1. The summed E-state index contributed by atoms with van der Waals surface area (Å²) in [5.74, 6) is 1.15. The van der Waals surface area contributed by atoms with E-state index < -0.39 is 0 Å². The molecule has 0 spiro atoms. The Hall–Kier alpha value is -2.55. The lowest BCUT2D eigenvalue weighted by Crippen LogP contribution is -1.98. The third-order valence-corrected chi connectivity index (χ3v) is 3.73. The molecular weight excluding hydrogens is 302 g/mol. The highest BCUT2D eigenvalue weighted by atomic mass is 32.2. The lowest BCUT2D eigenvalue weighted by Gasteiger charge is -2.04. The average molecular weight is 315 g/mol. The molecule has 3 rings (SSSR count). The maximum atomic E-state index is 5.15. The van der Waals surface area contributed by atoms with Gasteiger partial charge in [0, 0.05) is 31.2 Å². The molecule has 3 aromatic heterocycles. The molecule has 0 fully saturated rings. The van der Waals surface area contributed by atoms with Gasteiger partial charge in [-0.1, -0.05) is 0 Å².